The van der Waals surface area contributed by atoms with Crippen LogP contribution in [0, 0.1) is 0 Å². The fourth-order valence-corrected chi connectivity index (χ4v) is 3.09. The SMILES string of the molecule is CSCCC(N)C(=O)NC(CCCCN)C(=O)NC(CCC(=O)O)C(=O)NC(C)C(=O)O. The van der Waals surface area contributed by atoms with Crippen LogP contribution < -0.4 is 27.4 Å². The number of carboxylic acids is 2. The molecule has 0 aliphatic heterocycles. The van der Waals surface area contributed by atoms with E-state index in [0.717, 1.165) is 0 Å². The summed E-state index contributed by atoms with van der Waals surface area (Å²) in [6.45, 7) is 1.63. The molecule has 12 nitrogen and oxygen atoms in total. The lowest BCUT2D eigenvalue weighted by molar-refractivity contribution is -0.142. The molecule has 4 unspecified atom stereocenters. The largest absolute Gasteiger partial charge is 0.481 e. The van der Waals surface area contributed by atoms with Gasteiger partial charge in [0, 0.05) is 6.42 Å². The van der Waals surface area contributed by atoms with Crippen LogP contribution in [0.5, 0.6) is 0 Å². The Morgan fingerprint density at radius 2 is 1.44 bits per heavy atom. The van der Waals surface area contributed by atoms with Gasteiger partial charge in [0.25, 0.3) is 0 Å². The van der Waals surface area contributed by atoms with Gasteiger partial charge in [0.1, 0.15) is 18.1 Å². The molecule has 184 valence electrons. The molecule has 4 atom stereocenters. The van der Waals surface area contributed by atoms with E-state index in [1.807, 2.05) is 6.26 Å². The molecule has 0 aromatic heterocycles. The zero-order valence-electron chi connectivity index (χ0n) is 18.5. The van der Waals surface area contributed by atoms with Crippen molar-refractivity contribution in [3.63, 3.8) is 0 Å². The molecule has 0 heterocycles. The Morgan fingerprint density at radius 3 is 1.97 bits per heavy atom. The van der Waals surface area contributed by atoms with E-state index in [-0.39, 0.29) is 12.8 Å². The maximum Gasteiger partial charge on any atom is 0.325 e. The number of aliphatic carboxylic acids is 2. The molecule has 0 bridgehead atoms. The highest BCUT2D eigenvalue weighted by molar-refractivity contribution is 7.98. The van der Waals surface area contributed by atoms with Crippen molar-refractivity contribution < 1.29 is 34.2 Å². The summed E-state index contributed by atoms with van der Waals surface area (Å²) in [4.78, 5) is 59.6. The van der Waals surface area contributed by atoms with Gasteiger partial charge in [-0.25, -0.2) is 0 Å². The molecule has 0 rings (SSSR count). The molecule has 13 heteroatoms. The maximum atomic E-state index is 12.8. The smallest absolute Gasteiger partial charge is 0.325 e. The summed E-state index contributed by atoms with van der Waals surface area (Å²) < 4.78 is 0. The fourth-order valence-electron chi connectivity index (χ4n) is 2.60. The van der Waals surface area contributed by atoms with E-state index in [9.17, 15) is 24.0 Å². The van der Waals surface area contributed by atoms with Crippen LogP contribution in [0.15, 0.2) is 0 Å². The first kappa shape index (κ1) is 29.6. The quantitative estimate of drug-likeness (QED) is 0.122. The van der Waals surface area contributed by atoms with Crippen LogP contribution in [0.4, 0.5) is 0 Å². The Hall–Kier alpha value is -2.38. The van der Waals surface area contributed by atoms with Crippen LogP contribution in [0.25, 0.3) is 0 Å². The molecule has 0 aliphatic rings. The highest BCUT2D eigenvalue weighted by Gasteiger charge is 2.29. The number of thioether (sulfide) groups is 1. The Labute approximate surface area is 191 Å². The lowest BCUT2D eigenvalue weighted by atomic mass is 10.1. The number of nitrogens with one attached hydrogen (secondary N) is 3. The Bertz CT molecular complexity index is 650. The van der Waals surface area contributed by atoms with Crippen molar-refractivity contribution in [1.29, 1.82) is 0 Å². The molecule has 9 N–H and O–H groups in total. The van der Waals surface area contributed by atoms with Gasteiger partial charge in [-0.05, 0) is 57.6 Å². The third-order valence-corrected chi connectivity index (χ3v) is 5.20. The molecule has 0 fully saturated rings. The van der Waals surface area contributed by atoms with Gasteiger partial charge in [0.15, 0.2) is 0 Å². The molecule has 0 radical (unpaired) electrons. The average Bonchev–Trinajstić information content (AvgIpc) is 2.73. The molecule has 0 aliphatic carbocycles. The number of hydrogen-bond donors (Lipinski definition) is 7. The van der Waals surface area contributed by atoms with E-state index in [4.69, 9.17) is 21.7 Å². The van der Waals surface area contributed by atoms with Crippen molar-refractivity contribution in [2.45, 2.75) is 69.6 Å². The van der Waals surface area contributed by atoms with Crippen molar-refractivity contribution in [2.24, 2.45) is 11.5 Å². The molecule has 32 heavy (non-hydrogen) atoms. The van der Waals surface area contributed by atoms with Gasteiger partial charge in [0.2, 0.25) is 17.7 Å². The maximum absolute atomic E-state index is 12.8. The summed E-state index contributed by atoms with van der Waals surface area (Å²) >= 11 is 1.53. The second-order valence-corrected chi connectivity index (χ2v) is 8.28. The zero-order chi connectivity index (χ0) is 24.7. The summed E-state index contributed by atoms with van der Waals surface area (Å²) in [6, 6.07) is -4.35. The van der Waals surface area contributed by atoms with Gasteiger partial charge in [0.05, 0.1) is 6.04 Å². The average molecular weight is 478 g/mol. The molecular weight excluding hydrogens is 442 g/mol. The molecule has 3 amide bonds. The summed E-state index contributed by atoms with van der Waals surface area (Å²) in [7, 11) is 0. The highest BCUT2D eigenvalue weighted by atomic mass is 32.2. The monoisotopic (exact) mass is 477 g/mol. The van der Waals surface area contributed by atoms with E-state index in [0.29, 0.717) is 31.6 Å². The Morgan fingerprint density at radius 1 is 0.875 bits per heavy atom. The van der Waals surface area contributed by atoms with Crippen molar-refractivity contribution >= 4 is 41.4 Å². The fraction of sp³-hybridized carbons (Fsp3) is 0.737. The standard InChI is InChI=1S/C19H35N5O7S/c1-11(19(30)31)22-17(28)14(6-7-15(25)26)24-18(29)13(5-3-4-9-20)23-16(27)12(21)8-10-32-2/h11-14H,3-10,20-21H2,1-2H3,(H,22,28)(H,23,27)(H,24,29)(H,25,26)(H,30,31). The minimum Gasteiger partial charge on any atom is -0.481 e. The van der Waals surface area contributed by atoms with Gasteiger partial charge in [-0.2, -0.15) is 11.8 Å². The van der Waals surface area contributed by atoms with Crippen molar-refractivity contribution in [3.8, 4) is 0 Å². The molecule has 0 aromatic rings. The van der Waals surface area contributed by atoms with E-state index in [2.05, 4.69) is 16.0 Å². The highest BCUT2D eigenvalue weighted by Crippen LogP contribution is 2.06. The van der Waals surface area contributed by atoms with Crippen LogP contribution in [0.1, 0.15) is 45.4 Å². The van der Waals surface area contributed by atoms with Crippen molar-refractivity contribution in [3.05, 3.63) is 0 Å². The first-order valence-corrected chi connectivity index (χ1v) is 11.7. The van der Waals surface area contributed by atoms with Crippen molar-refractivity contribution in [1.82, 2.24) is 16.0 Å². The summed E-state index contributed by atoms with van der Waals surface area (Å²) in [5.74, 6) is -3.85. The van der Waals surface area contributed by atoms with Gasteiger partial charge < -0.3 is 37.6 Å². The van der Waals surface area contributed by atoms with Crippen LogP contribution in [-0.2, 0) is 24.0 Å². The van der Waals surface area contributed by atoms with Crippen LogP contribution in [0.2, 0.25) is 0 Å². The lowest BCUT2D eigenvalue weighted by Gasteiger charge is -2.24. The first-order valence-electron chi connectivity index (χ1n) is 10.3. The number of amides is 3. The number of hydrogen-bond acceptors (Lipinski definition) is 8. The third-order valence-electron chi connectivity index (χ3n) is 4.56. The predicted octanol–water partition coefficient (Wildman–Crippen LogP) is -1.38. The topological polar surface area (TPSA) is 214 Å². The van der Waals surface area contributed by atoms with E-state index in [1.165, 1.54) is 18.7 Å². The van der Waals surface area contributed by atoms with Crippen LogP contribution in [-0.4, -0.2) is 82.6 Å². The van der Waals surface area contributed by atoms with Crippen LogP contribution >= 0.6 is 11.8 Å². The minimum absolute atomic E-state index is 0.239. The second kappa shape index (κ2) is 16.3. The van der Waals surface area contributed by atoms with Gasteiger partial charge in [-0.1, -0.05) is 0 Å². The number of carboxylic acid groups (broad SMARTS) is 2. The summed E-state index contributed by atoms with van der Waals surface area (Å²) in [5.41, 5.74) is 11.3. The Kier molecular flexibility index (Phi) is 15.1. The van der Waals surface area contributed by atoms with E-state index in [1.54, 1.807) is 0 Å². The number of carbonyl (C=O) groups is 5. The number of unbranched alkanes of at least 4 members (excludes halogenated alkanes) is 1. The second-order valence-electron chi connectivity index (χ2n) is 7.30. The zero-order valence-corrected chi connectivity index (χ0v) is 19.3. The number of rotatable bonds is 17. The van der Waals surface area contributed by atoms with E-state index >= 15 is 0 Å². The number of nitrogens with two attached hydrogens (primary N) is 2. The van der Waals surface area contributed by atoms with Gasteiger partial charge >= 0.3 is 11.9 Å². The lowest BCUT2D eigenvalue weighted by Crippen LogP contribution is -2.57. The molecule has 0 saturated carbocycles. The molecule has 0 aromatic carbocycles. The van der Waals surface area contributed by atoms with Gasteiger partial charge in [-0.3, -0.25) is 24.0 Å². The normalized spacial score (nSPS) is 14.5. The van der Waals surface area contributed by atoms with E-state index < -0.39 is 60.2 Å². The molecule has 0 saturated heterocycles. The Balaban J connectivity index is 5.35. The van der Waals surface area contributed by atoms with Gasteiger partial charge in [-0.15, -0.1) is 0 Å². The molecule has 0 spiro atoms. The van der Waals surface area contributed by atoms with Crippen LogP contribution in [0.3, 0.4) is 0 Å². The molecular formula is C19H35N5O7S. The van der Waals surface area contributed by atoms with Crippen molar-refractivity contribution in [2.75, 3.05) is 18.6 Å². The summed E-state index contributed by atoms with van der Waals surface area (Å²) in [5, 5.41) is 25.1. The number of carbonyl (C=O) groups excluding carboxylic acids is 3. The predicted molar refractivity (Wildman–Crippen MR) is 120 cm³/mol. The minimum atomic E-state index is -1.29. The first-order chi connectivity index (χ1) is 15.0. The summed E-state index contributed by atoms with van der Waals surface area (Å²) in [6.07, 6.45) is 2.98. The third kappa shape index (κ3) is 12.5.